The number of sulfone groups is 1. The Labute approximate surface area is 172 Å². The van der Waals surface area contributed by atoms with Crippen molar-refractivity contribution in [2.24, 2.45) is 4.99 Å². The van der Waals surface area contributed by atoms with Gasteiger partial charge < -0.3 is 4.74 Å². The lowest BCUT2D eigenvalue weighted by Crippen LogP contribution is -2.31. The smallest absolute Gasteiger partial charge is 0.412 e. The number of benzene rings is 1. The number of aldehydes is 1. The van der Waals surface area contributed by atoms with Crippen LogP contribution >= 0.6 is 23.1 Å². The van der Waals surface area contributed by atoms with E-state index in [4.69, 9.17) is 4.74 Å². The van der Waals surface area contributed by atoms with Crippen molar-refractivity contribution in [3.63, 3.8) is 0 Å². The zero-order chi connectivity index (χ0) is 20.9. The number of thioether (sulfide) groups is 1. The average molecular weight is 441 g/mol. The van der Waals surface area contributed by atoms with E-state index in [1.54, 1.807) is 27.0 Å². The molecule has 0 aliphatic heterocycles. The lowest BCUT2D eigenvalue weighted by atomic mass is 10.2. The lowest BCUT2D eigenvalue weighted by molar-refractivity contribution is 0.0565. The van der Waals surface area contributed by atoms with Crippen molar-refractivity contribution in [2.45, 2.75) is 40.4 Å². The molecule has 0 atom stereocenters. The summed E-state index contributed by atoms with van der Waals surface area (Å²) in [5, 5.41) is 2.79. The van der Waals surface area contributed by atoms with Crippen molar-refractivity contribution < 1.29 is 22.7 Å². The van der Waals surface area contributed by atoms with Crippen LogP contribution in [0.15, 0.2) is 49.3 Å². The molecule has 2 aromatic rings. The Morgan fingerprint density at radius 3 is 2.61 bits per heavy atom. The van der Waals surface area contributed by atoms with Crippen molar-refractivity contribution in [3.05, 3.63) is 35.9 Å². The predicted molar refractivity (Wildman–Crippen MR) is 111 cm³/mol. The zero-order valence-electron chi connectivity index (χ0n) is 15.8. The summed E-state index contributed by atoms with van der Waals surface area (Å²) < 4.78 is 31.6. The van der Waals surface area contributed by atoms with Gasteiger partial charge in [0.1, 0.15) is 16.9 Å². The molecule has 0 aliphatic carbocycles. The third kappa shape index (κ3) is 5.66. The van der Waals surface area contributed by atoms with E-state index in [0.29, 0.717) is 15.5 Å². The molecular weight excluding hydrogens is 420 g/mol. The number of ether oxygens (including phenoxy) is 1. The predicted octanol–water partition coefficient (Wildman–Crippen LogP) is 4.30. The van der Waals surface area contributed by atoms with Gasteiger partial charge in [-0.3, -0.25) is 10.1 Å². The maximum Gasteiger partial charge on any atom is 0.412 e. The highest BCUT2D eigenvalue weighted by atomic mass is 32.2. The number of hydrogen-bond acceptors (Lipinski definition) is 8. The van der Waals surface area contributed by atoms with Gasteiger partial charge >= 0.3 is 6.09 Å². The van der Waals surface area contributed by atoms with Gasteiger partial charge in [0.15, 0.2) is 0 Å². The number of rotatable bonds is 6. The van der Waals surface area contributed by atoms with Crippen LogP contribution < -0.4 is 5.32 Å². The van der Waals surface area contributed by atoms with Crippen LogP contribution in [0.5, 0.6) is 0 Å². The Morgan fingerprint density at radius 2 is 2.00 bits per heavy atom. The van der Waals surface area contributed by atoms with Gasteiger partial charge in [-0.05, 0) is 45.2 Å². The van der Waals surface area contributed by atoms with E-state index >= 15 is 0 Å². The third-order valence-corrected chi connectivity index (χ3v) is 7.42. The Kier molecular flexibility index (Phi) is 7.02. The minimum Gasteiger partial charge on any atom is -0.444 e. The highest BCUT2D eigenvalue weighted by Crippen LogP contribution is 2.40. The van der Waals surface area contributed by atoms with Crippen molar-refractivity contribution in [3.8, 4) is 0 Å². The Bertz CT molecular complexity index is 1000. The SMILES string of the molecule is CSc1sc(/N=C/NC(=O)OC(C)(C)C)cc1S(=O)(=O)c1cccc(C=O)c1. The van der Waals surface area contributed by atoms with Crippen LogP contribution in [0, 0.1) is 0 Å². The van der Waals surface area contributed by atoms with E-state index in [-0.39, 0.29) is 15.4 Å². The molecule has 0 radical (unpaired) electrons. The van der Waals surface area contributed by atoms with Crippen LogP contribution in [0.1, 0.15) is 31.1 Å². The topological polar surface area (TPSA) is 102 Å². The minimum absolute atomic E-state index is 0.0348. The molecule has 1 N–H and O–H groups in total. The first-order valence-corrected chi connectivity index (χ1v) is 11.6. The summed E-state index contributed by atoms with van der Waals surface area (Å²) in [7, 11) is -3.81. The van der Waals surface area contributed by atoms with Crippen LogP contribution in [-0.4, -0.2) is 39.0 Å². The first kappa shape index (κ1) is 22.1. The van der Waals surface area contributed by atoms with Crippen LogP contribution in [0.2, 0.25) is 0 Å². The summed E-state index contributed by atoms with van der Waals surface area (Å²) in [6.45, 7) is 5.22. The van der Waals surface area contributed by atoms with Gasteiger partial charge in [0.05, 0.1) is 20.3 Å². The Morgan fingerprint density at radius 1 is 1.29 bits per heavy atom. The molecule has 1 aromatic carbocycles. The molecule has 0 saturated heterocycles. The van der Waals surface area contributed by atoms with E-state index in [1.165, 1.54) is 53.4 Å². The molecule has 1 heterocycles. The molecule has 0 bridgehead atoms. The second-order valence-corrected chi connectivity index (χ2v) is 10.6. The van der Waals surface area contributed by atoms with E-state index in [1.807, 2.05) is 0 Å². The maximum atomic E-state index is 13.0. The van der Waals surface area contributed by atoms with Crippen LogP contribution in [0.3, 0.4) is 0 Å². The summed E-state index contributed by atoms with van der Waals surface area (Å²) in [5.74, 6) is 0. The quantitative estimate of drug-likeness (QED) is 0.311. The van der Waals surface area contributed by atoms with Gasteiger partial charge in [-0.1, -0.05) is 12.1 Å². The molecule has 0 fully saturated rings. The monoisotopic (exact) mass is 440 g/mol. The molecule has 2 rings (SSSR count). The Balaban J connectivity index is 2.27. The molecule has 0 spiro atoms. The number of carbonyl (C=O) groups is 2. The largest absolute Gasteiger partial charge is 0.444 e. The van der Waals surface area contributed by atoms with Gasteiger partial charge in [0.25, 0.3) is 0 Å². The summed E-state index contributed by atoms with van der Waals surface area (Å²) in [6, 6.07) is 7.26. The fourth-order valence-electron chi connectivity index (χ4n) is 2.08. The highest BCUT2D eigenvalue weighted by molar-refractivity contribution is 8.01. The fraction of sp³-hybridized carbons (Fsp3) is 0.278. The number of carbonyl (C=O) groups excluding carboxylic acids is 2. The molecule has 28 heavy (non-hydrogen) atoms. The zero-order valence-corrected chi connectivity index (χ0v) is 18.2. The van der Waals surface area contributed by atoms with Gasteiger partial charge in [-0.25, -0.2) is 18.2 Å². The molecule has 150 valence electrons. The fourth-order valence-corrected chi connectivity index (χ4v) is 5.96. The number of nitrogens with one attached hydrogen (secondary N) is 1. The van der Waals surface area contributed by atoms with Gasteiger partial charge in [0.2, 0.25) is 9.84 Å². The normalized spacial score (nSPS) is 12.1. The number of thiophene rings is 1. The molecule has 1 aromatic heterocycles. The van der Waals surface area contributed by atoms with Crippen molar-refractivity contribution in [2.75, 3.05) is 6.26 Å². The van der Waals surface area contributed by atoms with Crippen molar-refractivity contribution in [1.29, 1.82) is 0 Å². The highest BCUT2D eigenvalue weighted by Gasteiger charge is 2.24. The molecule has 10 heteroatoms. The van der Waals surface area contributed by atoms with Crippen molar-refractivity contribution in [1.82, 2.24) is 5.32 Å². The third-order valence-electron chi connectivity index (χ3n) is 3.21. The van der Waals surface area contributed by atoms with Crippen LogP contribution in [-0.2, 0) is 14.6 Å². The van der Waals surface area contributed by atoms with Gasteiger partial charge in [-0.2, -0.15) is 0 Å². The molecule has 7 nitrogen and oxygen atoms in total. The van der Waals surface area contributed by atoms with Crippen molar-refractivity contribution >= 4 is 56.7 Å². The van der Waals surface area contributed by atoms with Gasteiger partial charge in [0, 0.05) is 5.56 Å². The van der Waals surface area contributed by atoms with E-state index < -0.39 is 21.5 Å². The molecule has 0 aliphatic rings. The number of aliphatic imine (C=N–C) groups is 1. The van der Waals surface area contributed by atoms with E-state index in [2.05, 4.69) is 10.3 Å². The Hall–Kier alpha value is -2.17. The lowest BCUT2D eigenvalue weighted by Gasteiger charge is -2.18. The van der Waals surface area contributed by atoms with E-state index in [0.717, 1.165) is 6.34 Å². The summed E-state index contributed by atoms with van der Waals surface area (Å²) in [6.07, 6.45) is 2.86. The molecule has 0 unspecified atom stereocenters. The van der Waals surface area contributed by atoms with E-state index in [9.17, 15) is 18.0 Å². The standard InChI is InChI=1S/C18H20N2O5S3/c1-18(2,3)25-17(22)20-11-19-15-9-14(16(26-4)27-15)28(23,24)13-7-5-6-12(8-13)10-21/h5-11H,1-4H3,(H,19,20,22). The molecular formula is C18H20N2O5S3. The first-order valence-electron chi connectivity index (χ1n) is 8.07. The second-order valence-electron chi connectivity index (χ2n) is 6.54. The van der Waals surface area contributed by atoms with Gasteiger partial charge in [-0.15, -0.1) is 23.1 Å². The average Bonchev–Trinajstić information content (AvgIpc) is 3.04. The summed E-state index contributed by atoms with van der Waals surface area (Å²) in [5.41, 5.74) is -0.355. The van der Waals surface area contributed by atoms with Crippen LogP contribution in [0.4, 0.5) is 9.80 Å². The number of nitrogens with zero attached hydrogens (tertiary/aromatic N) is 1. The first-order chi connectivity index (χ1) is 13.1. The summed E-state index contributed by atoms with van der Waals surface area (Å²) >= 11 is 2.46. The molecule has 0 saturated carbocycles. The number of alkyl carbamates (subject to hydrolysis) is 1. The number of hydrogen-bond donors (Lipinski definition) is 1. The minimum atomic E-state index is -3.81. The second kappa shape index (κ2) is 8.89. The maximum absolute atomic E-state index is 13.0. The molecule has 1 amide bonds. The number of amides is 1. The summed E-state index contributed by atoms with van der Waals surface area (Å²) in [4.78, 5) is 26.8. The van der Waals surface area contributed by atoms with Crippen LogP contribution in [0.25, 0.3) is 0 Å².